The van der Waals surface area contributed by atoms with Gasteiger partial charge in [-0.1, -0.05) is 18.1 Å². The Morgan fingerprint density at radius 3 is 2.70 bits per heavy atom. The van der Waals surface area contributed by atoms with E-state index in [1.165, 1.54) is 0 Å². The number of nitrogens with one attached hydrogen (secondary N) is 1. The third-order valence-electron chi connectivity index (χ3n) is 3.51. The summed E-state index contributed by atoms with van der Waals surface area (Å²) in [5.41, 5.74) is 1.09. The van der Waals surface area contributed by atoms with Crippen LogP contribution in [0.2, 0.25) is 0 Å². The van der Waals surface area contributed by atoms with E-state index in [1.807, 2.05) is 18.2 Å². The lowest BCUT2D eigenvalue weighted by molar-refractivity contribution is 0.237. The second-order valence-electron chi connectivity index (χ2n) is 5.56. The van der Waals surface area contributed by atoms with Crippen LogP contribution in [0, 0.1) is 12.3 Å². The summed E-state index contributed by atoms with van der Waals surface area (Å²) in [6, 6.07) is 8.67. The normalized spacial score (nSPS) is 16.9. The van der Waals surface area contributed by atoms with Crippen molar-refractivity contribution in [1.82, 2.24) is 4.90 Å². The molecule has 1 saturated heterocycles. The quantitative estimate of drug-likeness (QED) is 0.834. The Hall–Kier alpha value is -1.66. The maximum absolute atomic E-state index is 5.85. The molecule has 3 nitrogen and oxygen atoms in total. The molecule has 0 atom stereocenters. The zero-order chi connectivity index (χ0) is 14.4. The van der Waals surface area contributed by atoms with Crippen LogP contribution in [0.25, 0.3) is 0 Å². The SMILES string of the molecule is C#CCN1CCC(Nc2ccccc2OC(C)C)CC1. The number of hydrogen-bond acceptors (Lipinski definition) is 3. The molecule has 0 bridgehead atoms. The number of likely N-dealkylation sites (tertiary alicyclic amines) is 1. The van der Waals surface area contributed by atoms with Crippen molar-refractivity contribution < 1.29 is 4.74 Å². The molecule has 2 rings (SSSR count). The predicted octanol–water partition coefficient (Wildman–Crippen LogP) is 2.98. The molecule has 0 unspecified atom stereocenters. The number of rotatable bonds is 5. The van der Waals surface area contributed by atoms with Crippen LogP contribution < -0.4 is 10.1 Å². The molecule has 0 aliphatic carbocycles. The molecule has 0 saturated carbocycles. The Labute approximate surface area is 122 Å². The van der Waals surface area contributed by atoms with Crippen LogP contribution in [0.15, 0.2) is 24.3 Å². The molecule has 1 aromatic rings. The van der Waals surface area contributed by atoms with Gasteiger partial charge in [-0.2, -0.15) is 0 Å². The first-order valence-electron chi connectivity index (χ1n) is 7.37. The van der Waals surface area contributed by atoms with E-state index in [0.717, 1.165) is 43.9 Å². The Balaban J connectivity index is 1.93. The zero-order valence-corrected chi connectivity index (χ0v) is 12.4. The van der Waals surface area contributed by atoms with Crippen LogP contribution in [-0.4, -0.2) is 36.7 Å². The number of benzene rings is 1. The predicted molar refractivity (Wildman–Crippen MR) is 84.1 cm³/mol. The first-order valence-corrected chi connectivity index (χ1v) is 7.37. The minimum atomic E-state index is 0.190. The smallest absolute Gasteiger partial charge is 0.142 e. The van der Waals surface area contributed by atoms with Crippen LogP contribution >= 0.6 is 0 Å². The average Bonchev–Trinajstić information content (AvgIpc) is 2.43. The van der Waals surface area contributed by atoms with Gasteiger partial charge in [-0.3, -0.25) is 4.90 Å². The van der Waals surface area contributed by atoms with Crippen LogP contribution in [0.3, 0.4) is 0 Å². The van der Waals surface area contributed by atoms with Crippen molar-refractivity contribution >= 4 is 5.69 Å². The second-order valence-corrected chi connectivity index (χ2v) is 5.56. The third kappa shape index (κ3) is 4.18. The number of piperidine rings is 1. The van der Waals surface area contributed by atoms with Gasteiger partial charge in [0.05, 0.1) is 18.3 Å². The van der Waals surface area contributed by atoms with Crippen molar-refractivity contribution in [2.45, 2.75) is 38.8 Å². The van der Waals surface area contributed by atoms with E-state index in [4.69, 9.17) is 11.2 Å². The zero-order valence-electron chi connectivity index (χ0n) is 12.4. The summed E-state index contributed by atoms with van der Waals surface area (Å²) in [7, 11) is 0. The molecule has 1 aliphatic heterocycles. The van der Waals surface area contributed by atoms with Crippen molar-refractivity contribution in [2.24, 2.45) is 0 Å². The molecule has 20 heavy (non-hydrogen) atoms. The van der Waals surface area contributed by atoms with Gasteiger partial charge < -0.3 is 10.1 Å². The van der Waals surface area contributed by atoms with Gasteiger partial charge in [-0.15, -0.1) is 6.42 Å². The molecule has 0 aromatic heterocycles. The summed E-state index contributed by atoms with van der Waals surface area (Å²) in [4.78, 5) is 2.33. The van der Waals surface area contributed by atoms with Crippen LogP contribution in [-0.2, 0) is 0 Å². The highest BCUT2D eigenvalue weighted by Gasteiger charge is 2.19. The van der Waals surface area contributed by atoms with E-state index in [2.05, 4.69) is 36.1 Å². The molecule has 1 aromatic carbocycles. The summed E-state index contributed by atoms with van der Waals surface area (Å²) in [5, 5.41) is 3.61. The Bertz CT molecular complexity index is 456. The monoisotopic (exact) mass is 272 g/mol. The summed E-state index contributed by atoms with van der Waals surface area (Å²) >= 11 is 0. The van der Waals surface area contributed by atoms with E-state index in [9.17, 15) is 0 Å². The molecule has 0 amide bonds. The highest BCUT2D eigenvalue weighted by atomic mass is 16.5. The maximum Gasteiger partial charge on any atom is 0.142 e. The molecule has 1 N–H and O–H groups in total. The van der Waals surface area contributed by atoms with Crippen LogP contribution in [0.5, 0.6) is 5.75 Å². The fraction of sp³-hybridized carbons (Fsp3) is 0.529. The van der Waals surface area contributed by atoms with Crippen molar-refractivity contribution in [2.75, 3.05) is 25.0 Å². The number of para-hydroxylation sites is 2. The molecule has 0 radical (unpaired) electrons. The average molecular weight is 272 g/mol. The van der Waals surface area contributed by atoms with Crippen molar-refractivity contribution in [3.05, 3.63) is 24.3 Å². The van der Waals surface area contributed by atoms with Crippen molar-refractivity contribution in [1.29, 1.82) is 0 Å². The van der Waals surface area contributed by atoms with Gasteiger partial charge in [0, 0.05) is 19.1 Å². The van der Waals surface area contributed by atoms with E-state index in [-0.39, 0.29) is 6.10 Å². The molecule has 1 heterocycles. The Kier molecular flexibility index (Phi) is 5.31. The summed E-state index contributed by atoms with van der Waals surface area (Å²) in [6.45, 7) is 6.99. The molecule has 3 heteroatoms. The van der Waals surface area contributed by atoms with Gasteiger partial charge >= 0.3 is 0 Å². The lowest BCUT2D eigenvalue weighted by Gasteiger charge is -2.32. The topological polar surface area (TPSA) is 24.5 Å². The van der Waals surface area contributed by atoms with E-state index in [1.54, 1.807) is 0 Å². The number of terminal acetylenes is 1. The maximum atomic E-state index is 5.85. The minimum Gasteiger partial charge on any atom is -0.489 e. The fourth-order valence-electron chi connectivity index (χ4n) is 2.53. The van der Waals surface area contributed by atoms with E-state index < -0.39 is 0 Å². The lowest BCUT2D eigenvalue weighted by Crippen LogP contribution is -2.39. The van der Waals surface area contributed by atoms with Gasteiger partial charge in [-0.25, -0.2) is 0 Å². The third-order valence-corrected chi connectivity index (χ3v) is 3.51. The van der Waals surface area contributed by atoms with Crippen LogP contribution in [0.4, 0.5) is 5.69 Å². The summed E-state index contributed by atoms with van der Waals surface area (Å²) in [5.74, 6) is 3.66. The standard InChI is InChI=1S/C17H24N2O/c1-4-11-19-12-9-15(10-13-19)18-16-7-5-6-8-17(16)20-14(2)3/h1,5-8,14-15,18H,9-13H2,2-3H3. The summed E-state index contributed by atoms with van der Waals surface area (Å²) in [6.07, 6.45) is 7.80. The number of nitrogens with zero attached hydrogens (tertiary/aromatic N) is 1. The van der Waals surface area contributed by atoms with Crippen LogP contribution in [0.1, 0.15) is 26.7 Å². The summed E-state index contributed by atoms with van der Waals surface area (Å²) < 4.78 is 5.85. The molecule has 1 aliphatic rings. The Morgan fingerprint density at radius 2 is 2.05 bits per heavy atom. The molecule has 1 fully saturated rings. The molecule has 108 valence electrons. The Morgan fingerprint density at radius 1 is 1.35 bits per heavy atom. The second kappa shape index (κ2) is 7.21. The van der Waals surface area contributed by atoms with Gasteiger partial charge in [0.1, 0.15) is 5.75 Å². The van der Waals surface area contributed by atoms with E-state index in [0.29, 0.717) is 6.04 Å². The molecule has 0 spiro atoms. The van der Waals surface area contributed by atoms with Gasteiger partial charge in [-0.05, 0) is 38.8 Å². The van der Waals surface area contributed by atoms with Gasteiger partial charge in [0.2, 0.25) is 0 Å². The first kappa shape index (κ1) is 14.7. The van der Waals surface area contributed by atoms with E-state index >= 15 is 0 Å². The highest BCUT2D eigenvalue weighted by molar-refractivity contribution is 5.56. The number of anilines is 1. The number of hydrogen-bond donors (Lipinski definition) is 1. The molecular formula is C17H24N2O. The fourth-order valence-corrected chi connectivity index (χ4v) is 2.53. The largest absolute Gasteiger partial charge is 0.489 e. The van der Waals surface area contributed by atoms with Gasteiger partial charge in [0.15, 0.2) is 0 Å². The lowest BCUT2D eigenvalue weighted by atomic mass is 10.0. The van der Waals surface area contributed by atoms with Gasteiger partial charge in [0.25, 0.3) is 0 Å². The van der Waals surface area contributed by atoms with Crippen molar-refractivity contribution in [3.8, 4) is 18.1 Å². The first-order chi connectivity index (χ1) is 9.69. The molecular weight excluding hydrogens is 248 g/mol. The number of ether oxygens (including phenoxy) is 1. The van der Waals surface area contributed by atoms with Crippen molar-refractivity contribution in [3.63, 3.8) is 0 Å². The highest BCUT2D eigenvalue weighted by Crippen LogP contribution is 2.27. The minimum absolute atomic E-state index is 0.190.